The average molecular weight is 246 g/mol. The second-order valence-corrected chi connectivity index (χ2v) is 3.66. The smallest absolute Gasteiger partial charge is 0.217 e. The van der Waals surface area contributed by atoms with Crippen molar-refractivity contribution in [2.45, 2.75) is 37.5 Å². The van der Waals surface area contributed by atoms with Crippen LogP contribution < -0.4 is 5.32 Å². The van der Waals surface area contributed by atoms with Crippen LogP contribution in [0.25, 0.3) is 10.4 Å². The van der Waals surface area contributed by atoms with Gasteiger partial charge in [0.05, 0.1) is 12.6 Å². The predicted octanol–water partition coefficient (Wildman–Crippen LogP) is -1.76. The van der Waals surface area contributed by atoms with Crippen molar-refractivity contribution in [2.75, 3.05) is 6.61 Å². The van der Waals surface area contributed by atoms with Crippen molar-refractivity contribution < 1.29 is 24.9 Å². The minimum absolute atomic E-state index is 0.467. The van der Waals surface area contributed by atoms with Gasteiger partial charge in [-0.05, 0) is 5.53 Å². The quantitative estimate of drug-likeness (QED) is 0.264. The Morgan fingerprint density at radius 1 is 1.53 bits per heavy atom. The molecule has 0 aromatic carbocycles. The molecule has 0 saturated carbocycles. The van der Waals surface area contributed by atoms with Gasteiger partial charge >= 0.3 is 0 Å². The fraction of sp³-hybridized carbons (Fsp3) is 0.875. The van der Waals surface area contributed by atoms with Crippen LogP contribution in [-0.2, 0) is 9.53 Å². The van der Waals surface area contributed by atoms with Crippen molar-refractivity contribution in [1.29, 1.82) is 0 Å². The van der Waals surface area contributed by atoms with Crippen LogP contribution in [0, 0.1) is 0 Å². The summed E-state index contributed by atoms with van der Waals surface area (Å²) >= 11 is 0. The normalized spacial score (nSPS) is 37.1. The summed E-state index contributed by atoms with van der Waals surface area (Å²) in [5.74, 6) is -0.467. The Labute approximate surface area is 96.6 Å². The van der Waals surface area contributed by atoms with Crippen molar-refractivity contribution >= 4 is 5.91 Å². The summed E-state index contributed by atoms with van der Waals surface area (Å²) in [5, 5.41) is 33.8. The Balaban J connectivity index is 2.90. The fourth-order valence-electron chi connectivity index (χ4n) is 1.64. The van der Waals surface area contributed by atoms with Crippen LogP contribution in [0.15, 0.2) is 5.11 Å². The second-order valence-electron chi connectivity index (χ2n) is 3.66. The van der Waals surface area contributed by atoms with Gasteiger partial charge in [-0.2, -0.15) is 0 Å². The van der Waals surface area contributed by atoms with Crippen molar-refractivity contribution in [3.63, 3.8) is 0 Å². The molecule has 1 heterocycles. The monoisotopic (exact) mass is 246 g/mol. The molecule has 9 nitrogen and oxygen atoms in total. The summed E-state index contributed by atoms with van der Waals surface area (Å²) < 4.78 is 5.08. The number of amides is 1. The summed E-state index contributed by atoms with van der Waals surface area (Å²) in [5.41, 5.74) is 8.34. The fourth-order valence-corrected chi connectivity index (χ4v) is 1.64. The topological polar surface area (TPSA) is 148 Å². The maximum absolute atomic E-state index is 10.9. The van der Waals surface area contributed by atoms with Gasteiger partial charge in [-0.1, -0.05) is 5.11 Å². The highest BCUT2D eigenvalue weighted by atomic mass is 16.5. The van der Waals surface area contributed by atoms with Crippen molar-refractivity contribution in [3.8, 4) is 0 Å². The molecule has 0 aromatic rings. The van der Waals surface area contributed by atoms with Crippen LogP contribution in [0.3, 0.4) is 0 Å². The van der Waals surface area contributed by atoms with Gasteiger partial charge in [0.15, 0.2) is 6.23 Å². The van der Waals surface area contributed by atoms with Crippen molar-refractivity contribution in [1.82, 2.24) is 5.32 Å². The molecule has 1 rings (SSSR count). The van der Waals surface area contributed by atoms with Gasteiger partial charge < -0.3 is 25.4 Å². The molecule has 0 radical (unpaired) electrons. The van der Waals surface area contributed by atoms with Gasteiger partial charge in [0.2, 0.25) is 5.91 Å². The Morgan fingerprint density at radius 2 is 2.18 bits per heavy atom. The van der Waals surface area contributed by atoms with E-state index in [9.17, 15) is 15.0 Å². The van der Waals surface area contributed by atoms with Gasteiger partial charge in [0.25, 0.3) is 0 Å². The van der Waals surface area contributed by atoms with E-state index in [0.717, 1.165) is 0 Å². The van der Waals surface area contributed by atoms with E-state index in [2.05, 4.69) is 15.3 Å². The Morgan fingerprint density at radius 3 is 2.65 bits per heavy atom. The van der Waals surface area contributed by atoms with Crippen molar-refractivity contribution in [2.24, 2.45) is 5.11 Å². The Hall–Kier alpha value is -1.38. The standard InChI is InChI=1S/C8H14N4O5/c1-3(14)10-5-7(16)6(15)4(2-13)17-8(5)11-12-9/h4-8,13,15-16H,2H2,1H3,(H,10,14)/t4-,5-,6-,7-,8-/m0/s1. The number of carbonyl (C=O) groups excluding carboxylic acids is 1. The molecule has 5 atom stereocenters. The molecule has 0 aliphatic carbocycles. The van der Waals surface area contributed by atoms with Crippen LogP contribution in [-0.4, -0.2) is 58.4 Å². The van der Waals surface area contributed by atoms with E-state index >= 15 is 0 Å². The summed E-state index contributed by atoms with van der Waals surface area (Å²) in [6, 6.07) is -1.05. The number of aliphatic hydroxyl groups excluding tert-OH is 3. The van der Waals surface area contributed by atoms with Gasteiger partial charge in [0, 0.05) is 11.8 Å². The lowest BCUT2D eigenvalue weighted by Gasteiger charge is -2.40. The number of hydrogen-bond acceptors (Lipinski definition) is 6. The zero-order valence-corrected chi connectivity index (χ0v) is 9.09. The van der Waals surface area contributed by atoms with E-state index < -0.39 is 43.1 Å². The number of nitrogens with one attached hydrogen (secondary N) is 1. The molecule has 1 saturated heterocycles. The van der Waals surface area contributed by atoms with Crippen molar-refractivity contribution in [3.05, 3.63) is 10.4 Å². The summed E-state index contributed by atoms with van der Waals surface area (Å²) in [7, 11) is 0. The molecular formula is C8H14N4O5. The van der Waals surface area contributed by atoms with E-state index in [-0.39, 0.29) is 0 Å². The predicted molar refractivity (Wildman–Crippen MR) is 54.5 cm³/mol. The molecule has 4 N–H and O–H groups in total. The first-order valence-electron chi connectivity index (χ1n) is 4.95. The number of azide groups is 1. The highest BCUT2D eigenvalue weighted by Crippen LogP contribution is 2.22. The number of nitrogens with zero attached hydrogens (tertiary/aromatic N) is 3. The van der Waals surface area contributed by atoms with Crippen LogP contribution in [0.1, 0.15) is 6.92 Å². The SMILES string of the molecule is CC(=O)N[C@H]1[C@H](O)[C@@H](O)[C@H](CO)O[C@@H]1N=[N+]=[N-]. The largest absolute Gasteiger partial charge is 0.394 e. The molecule has 0 aromatic heterocycles. The van der Waals surface area contributed by atoms with E-state index in [4.69, 9.17) is 15.4 Å². The summed E-state index contributed by atoms with van der Waals surface area (Å²) in [4.78, 5) is 13.4. The molecule has 9 heteroatoms. The first-order chi connectivity index (χ1) is 8.01. The summed E-state index contributed by atoms with van der Waals surface area (Å²) in [6.45, 7) is 0.673. The maximum atomic E-state index is 10.9. The van der Waals surface area contributed by atoms with Crippen LogP contribution in [0.4, 0.5) is 0 Å². The van der Waals surface area contributed by atoms with Gasteiger partial charge in [-0.15, -0.1) is 0 Å². The molecule has 1 fully saturated rings. The van der Waals surface area contributed by atoms with E-state index in [0.29, 0.717) is 0 Å². The zero-order valence-electron chi connectivity index (χ0n) is 9.09. The molecular weight excluding hydrogens is 232 g/mol. The molecule has 0 bridgehead atoms. The first kappa shape index (κ1) is 13.7. The van der Waals surface area contributed by atoms with Gasteiger partial charge in [-0.3, -0.25) is 4.79 Å². The second kappa shape index (κ2) is 5.80. The molecule has 1 amide bonds. The average Bonchev–Trinajstić information content (AvgIpc) is 2.28. The van der Waals surface area contributed by atoms with E-state index in [1.165, 1.54) is 6.92 Å². The number of aliphatic hydroxyl groups is 3. The Kier molecular flexibility index (Phi) is 4.67. The third-order valence-corrected chi connectivity index (χ3v) is 2.44. The molecule has 0 unspecified atom stereocenters. The number of carbonyl (C=O) groups is 1. The highest BCUT2D eigenvalue weighted by Gasteiger charge is 2.44. The maximum Gasteiger partial charge on any atom is 0.217 e. The van der Waals surface area contributed by atoms with E-state index in [1.54, 1.807) is 0 Å². The third kappa shape index (κ3) is 3.05. The lowest BCUT2D eigenvalue weighted by atomic mass is 9.96. The Bertz CT molecular complexity index is 332. The summed E-state index contributed by atoms with van der Waals surface area (Å²) in [6.07, 6.45) is -5.01. The number of rotatable bonds is 3. The molecule has 0 spiro atoms. The van der Waals surface area contributed by atoms with Crippen LogP contribution in [0.2, 0.25) is 0 Å². The minimum atomic E-state index is -1.39. The first-order valence-corrected chi connectivity index (χ1v) is 4.95. The molecule has 1 aliphatic rings. The van der Waals surface area contributed by atoms with E-state index in [1.807, 2.05) is 0 Å². The van der Waals surface area contributed by atoms with Gasteiger partial charge in [-0.25, -0.2) is 0 Å². The van der Waals surface area contributed by atoms with Gasteiger partial charge in [0.1, 0.15) is 18.3 Å². The van der Waals surface area contributed by atoms with Crippen LogP contribution in [0.5, 0.6) is 0 Å². The molecule has 1 aliphatic heterocycles. The molecule has 96 valence electrons. The van der Waals surface area contributed by atoms with Crippen LogP contribution >= 0.6 is 0 Å². The lowest BCUT2D eigenvalue weighted by Crippen LogP contribution is -2.63. The third-order valence-electron chi connectivity index (χ3n) is 2.44. The zero-order chi connectivity index (χ0) is 13.0. The minimum Gasteiger partial charge on any atom is -0.394 e. The lowest BCUT2D eigenvalue weighted by molar-refractivity contribution is -0.193. The number of hydrogen-bond donors (Lipinski definition) is 4. The highest BCUT2D eigenvalue weighted by molar-refractivity contribution is 5.73. The number of ether oxygens (including phenoxy) is 1. The molecule has 17 heavy (non-hydrogen) atoms.